The van der Waals surface area contributed by atoms with Crippen LogP contribution in [-0.2, 0) is 11.8 Å². The average molecular weight is 247 g/mol. The summed E-state index contributed by atoms with van der Waals surface area (Å²) < 4.78 is 1.84. The van der Waals surface area contributed by atoms with Crippen LogP contribution in [-0.4, -0.2) is 21.7 Å². The highest BCUT2D eigenvalue weighted by Gasteiger charge is 2.15. The molecule has 0 unspecified atom stereocenters. The van der Waals surface area contributed by atoms with Gasteiger partial charge in [-0.05, 0) is 32.8 Å². The molecule has 1 fully saturated rings. The minimum Gasteiger partial charge on any atom is -0.350 e. The van der Waals surface area contributed by atoms with Crippen molar-refractivity contribution in [2.45, 2.75) is 45.6 Å². The molecule has 0 atom stereocenters. The lowest BCUT2D eigenvalue weighted by Crippen LogP contribution is -2.30. The van der Waals surface area contributed by atoms with E-state index >= 15 is 0 Å². The van der Waals surface area contributed by atoms with E-state index in [0.717, 1.165) is 29.8 Å². The van der Waals surface area contributed by atoms with E-state index in [9.17, 15) is 4.79 Å². The largest absolute Gasteiger partial charge is 0.350 e. The average Bonchev–Trinajstić information content (AvgIpc) is 2.88. The number of nitrogens with zero attached hydrogens (tertiary/aromatic N) is 2. The van der Waals surface area contributed by atoms with E-state index in [1.807, 2.05) is 31.7 Å². The minimum absolute atomic E-state index is 0.00422. The molecule has 2 rings (SSSR count). The topological polar surface area (TPSA) is 46.9 Å². The molecule has 1 N–H and O–H groups in total. The molecule has 18 heavy (non-hydrogen) atoms. The Morgan fingerprint density at radius 2 is 2.06 bits per heavy atom. The fourth-order valence-electron chi connectivity index (χ4n) is 2.51. The zero-order valence-electron chi connectivity index (χ0n) is 11.4. The third-order valence-corrected chi connectivity index (χ3v) is 3.67. The molecule has 1 aliphatic carbocycles. The minimum atomic E-state index is 0.00422. The number of hydrogen-bond acceptors (Lipinski definition) is 2. The molecule has 4 nitrogen and oxygen atoms in total. The zero-order chi connectivity index (χ0) is 13.1. The molecule has 98 valence electrons. The van der Waals surface area contributed by atoms with Crippen LogP contribution >= 0.6 is 0 Å². The van der Waals surface area contributed by atoms with Gasteiger partial charge in [-0.25, -0.2) is 0 Å². The molecule has 0 spiro atoms. The number of rotatable bonds is 3. The van der Waals surface area contributed by atoms with Crippen molar-refractivity contribution in [2.75, 3.05) is 0 Å². The fraction of sp³-hybridized carbons (Fsp3) is 0.571. The van der Waals surface area contributed by atoms with Crippen LogP contribution in [0, 0.1) is 13.8 Å². The summed E-state index contributed by atoms with van der Waals surface area (Å²) in [5, 5.41) is 7.37. The van der Waals surface area contributed by atoms with Gasteiger partial charge in [0.15, 0.2) is 0 Å². The smallest absolute Gasteiger partial charge is 0.244 e. The van der Waals surface area contributed by atoms with Gasteiger partial charge in [-0.3, -0.25) is 9.48 Å². The maximum atomic E-state index is 11.8. The summed E-state index contributed by atoms with van der Waals surface area (Å²) in [6.07, 6.45) is 8.18. The predicted molar refractivity (Wildman–Crippen MR) is 72.1 cm³/mol. The number of hydrogen-bond donors (Lipinski definition) is 1. The van der Waals surface area contributed by atoms with E-state index in [-0.39, 0.29) is 5.91 Å². The summed E-state index contributed by atoms with van der Waals surface area (Å²) in [7, 11) is 1.91. The lowest BCUT2D eigenvalue weighted by molar-refractivity contribution is -0.117. The Labute approximate surface area is 108 Å². The van der Waals surface area contributed by atoms with Crippen molar-refractivity contribution < 1.29 is 4.79 Å². The molecule has 1 aliphatic rings. The van der Waals surface area contributed by atoms with Crippen LogP contribution in [0.2, 0.25) is 0 Å². The maximum absolute atomic E-state index is 11.8. The highest BCUT2D eigenvalue weighted by Crippen LogP contribution is 2.18. The van der Waals surface area contributed by atoms with Gasteiger partial charge in [-0.15, -0.1) is 0 Å². The summed E-state index contributed by atoms with van der Waals surface area (Å²) in [5.74, 6) is 0.00422. The highest BCUT2D eigenvalue weighted by atomic mass is 16.1. The summed E-state index contributed by atoms with van der Waals surface area (Å²) in [4.78, 5) is 11.8. The SMILES string of the molecule is Cc1nn(C)c(C)c1C=CC(=O)NC1CCCC1. The van der Waals surface area contributed by atoms with Crippen LogP contribution in [0.25, 0.3) is 6.08 Å². The molecule has 1 saturated carbocycles. The Morgan fingerprint density at radius 3 is 2.61 bits per heavy atom. The van der Waals surface area contributed by atoms with Crippen molar-refractivity contribution in [1.82, 2.24) is 15.1 Å². The van der Waals surface area contributed by atoms with Gasteiger partial charge < -0.3 is 5.32 Å². The van der Waals surface area contributed by atoms with E-state index in [0.29, 0.717) is 6.04 Å². The van der Waals surface area contributed by atoms with Crippen molar-refractivity contribution in [2.24, 2.45) is 7.05 Å². The standard InChI is InChI=1S/C14H21N3O/c1-10-13(11(2)17(3)16-10)8-9-14(18)15-12-6-4-5-7-12/h8-9,12H,4-7H2,1-3H3,(H,15,18). The monoisotopic (exact) mass is 247 g/mol. The molecule has 0 aromatic carbocycles. The van der Waals surface area contributed by atoms with Crippen molar-refractivity contribution in [3.8, 4) is 0 Å². The first-order chi connectivity index (χ1) is 8.58. The highest BCUT2D eigenvalue weighted by molar-refractivity contribution is 5.92. The van der Waals surface area contributed by atoms with Crippen LogP contribution in [0.1, 0.15) is 42.6 Å². The Bertz CT molecular complexity index is 468. The quantitative estimate of drug-likeness (QED) is 0.832. The molecule has 1 aromatic heterocycles. The van der Waals surface area contributed by atoms with E-state index in [2.05, 4.69) is 10.4 Å². The van der Waals surface area contributed by atoms with Crippen LogP contribution in [0.5, 0.6) is 0 Å². The van der Waals surface area contributed by atoms with Crippen molar-refractivity contribution in [3.63, 3.8) is 0 Å². The Morgan fingerprint density at radius 1 is 1.39 bits per heavy atom. The van der Waals surface area contributed by atoms with E-state index < -0.39 is 0 Å². The van der Waals surface area contributed by atoms with Gasteiger partial charge >= 0.3 is 0 Å². The number of aryl methyl sites for hydroxylation is 2. The lowest BCUT2D eigenvalue weighted by Gasteiger charge is -2.09. The summed E-state index contributed by atoms with van der Waals surface area (Å²) in [6.45, 7) is 3.97. The number of amides is 1. The summed E-state index contributed by atoms with van der Waals surface area (Å²) in [6, 6.07) is 0.373. The van der Waals surface area contributed by atoms with Gasteiger partial charge in [0.2, 0.25) is 5.91 Å². The van der Waals surface area contributed by atoms with E-state index in [1.165, 1.54) is 12.8 Å². The third-order valence-electron chi connectivity index (χ3n) is 3.67. The number of carbonyl (C=O) groups is 1. The van der Waals surface area contributed by atoms with Crippen molar-refractivity contribution in [1.29, 1.82) is 0 Å². The van der Waals surface area contributed by atoms with Crippen LogP contribution in [0.4, 0.5) is 0 Å². The van der Waals surface area contributed by atoms with Gasteiger partial charge in [0.25, 0.3) is 0 Å². The molecular formula is C14H21N3O. The second-order valence-corrected chi connectivity index (χ2v) is 5.03. The van der Waals surface area contributed by atoms with Crippen molar-refractivity contribution in [3.05, 3.63) is 23.0 Å². The van der Waals surface area contributed by atoms with Gasteiger partial charge in [0.05, 0.1) is 5.69 Å². The van der Waals surface area contributed by atoms with Crippen molar-refractivity contribution >= 4 is 12.0 Å². The van der Waals surface area contributed by atoms with Crippen LogP contribution < -0.4 is 5.32 Å². The zero-order valence-corrected chi connectivity index (χ0v) is 11.4. The van der Waals surface area contributed by atoms with Gasteiger partial charge in [0, 0.05) is 30.4 Å². The maximum Gasteiger partial charge on any atom is 0.244 e. The Hall–Kier alpha value is -1.58. The first-order valence-electron chi connectivity index (χ1n) is 6.56. The first kappa shape index (κ1) is 12.9. The molecular weight excluding hydrogens is 226 g/mol. The van der Waals surface area contributed by atoms with Gasteiger partial charge in [-0.2, -0.15) is 5.10 Å². The third kappa shape index (κ3) is 2.81. The second-order valence-electron chi connectivity index (χ2n) is 5.03. The molecule has 1 aromatic rings. The molecule has 4 heteroatoms. The molecule has 0 saturated heterocycles. The van der Waals surface area contributed by atoms with Crippen LogP contribution in [0.3, 0.4) is 0 Å². The first-order valence-corrected chi connectivity index (χ1v) is 6.56. The van der Waals surface area contributed by atoms with E-state index in [1.54, 1.807) is 6.08 Å². The van der Waals surface area contributed by atoms with Crippen LogP contribution in [0.15, 0.2) is 6.08 Å². The molecule has 0 radical (unpaired) electrons. The normalized spacial score (nSPS) is 16.6. The summed E-state index contributed by atoms with van der Waals surface area (Å²) in [5.41, 5.74) is 3.08. The molecule has 0 bridgehead atoms. The lowest BCUT2D eigenvalue weighted by atomic mass is 10.2. The molecule has 0 aliphatic heterocycles. The second kappa shape index (κ2) is 5.38. The summed E-state index contributed by atoms with van der Waals surface area (Å²) >= 11 is 0. The van der Waals surface area contributed by atoms with Gasteiger partial charge in [-0.1, -0.05) is 12.8 Å². The number of aromatic nitrogens is 2. The van der Waals surface area contributed by atoms with E-state index in [4.69, 9.17) is 0 Å². The Balaban J connectivity index is 1.99. The fourth-order valence-corrected chi connectivity index (χ4v) is 2.51. The Kier molecular flexibility index (Phi) is 3.84. The van der Waals surface area contributed by atoms with Gasteiger partial charge in [0.1, 0.15) is 0 Å². The number of carbonyl (C=O) groups excluding carboxylic acids is 1. The number of nitrogens with one attached hydrogen (secondary N) is 1. The predicted octanol–water partition coefficient (Wildman–Crippen LogP) is 2.11. The molecule has 1 heterocycles. The molecule has 1 amide bonds.